The normalized spacial score (nSPS) is 23.5. The summed E-state index contributed by atoms with van der Waals surface area (Å²) < 4.78 is 61.4. The second-order valence-corrected chi connectivity index (χ2v) is 7.71. The van der Waals surface area contributed by atoms with E-state index in [0.717, 1.165) is 0 Å². The van der Waals surface area contributed by atoms with Crippen LogP contribution in [-0.2, 0) is 9.47 Å². The second kappa shape index (κ2) is 9.82. The summed E-state index contributed by atoms with van der Waals surface area (Å²) in [4.78, 5) is 15.3. The number of benzene rings is 1. The molecular weight excluding hydrogens is 406 g/mol. The van der Waals surface area contributed by atoms with E-state index in [1.54, 1.807) is 18.2 Å². The third kappa shape index (κ3) is 5.98. The highest BCUT2D eigenvalue weighted by molar-refractivity contribution is 5.68. The third-order valence-corrected chi connectivity index (χ3v) is 5.56. The zero-order chi connectivity index (χ0) is 21.7. The smallest absolute Gasteiger partial charge is 0.422 e. The highest BCUT2D eigenvalue weighted by Gasteiger charge is 2.37. The molecule has 168 valence electrons. The number of amides is 1. The summed E-state index contributed by atoms with van der Waals surface area (Å²) in [7, 11) is 0. The quantitative estimate of drug-likeness (QED) is 0.722. The van der Waals surface area contributed by atoms with Gasteiger partial charge in [-0.2, -0.15) is 13.2 Å². The Morgan fingerprint density at radius 3 is 2.50 bits per heavy atom. The van der Waals surface area contributed by atoms with Gasteiger partial charge >= 0.3 is 12.3 Å². The summed E-state index contributed by atoms with van der Waals surface area (Å²) in [5.74, 6) is -0.266. The number of carbonyl (C=O) groups excluding carboxylic acids is 1. The van der Waals surface area contributed by atoms with Crippen LogP contribution in [0.5, 0.6) is 0 Å². The SMILES string of the molecule is N[C@H]1CCCN(C(=O)OCC(F)(F)F)[C@H]1COC1CCN(c2ccccc2F)CC1. The van der Waals surface area contributed by atoms with Crippen molar-refractivity contribution in [1.29, 1.82) is 0 Å². The van der Waals surface area contributed by atoms with Crippen LogP contribution in [-0.4, -0.2) is 68.2 Å². The van der Waals surface area contributed by atoms with Crippen LogP contribution < -0.4 is 10.6 Å². The van der Waals surface area contributed by atoms with Gasteiger partial charge in [0.25, 0.3) is 0 Å². The van der Waals surface area contributed by atoms with Crippen molar-refractivity contribution >= 4 is 11.8 Å². The lowest BCUT2D eigenvalue weighted by Gasteiger charge is -2.40. The van der Waals surface area contributed by atoms with Gasteiger partial charge in [-0.05, 0) is 37.8 Å². The highest BCUT2D eigenvalue weighted by Crippen LogP contribution is 2.25. The number of nitrogens with two attached hydrogens (primary N) is 1. The first-order valence-corrected chi connectivity index (χ1v) is 10.1. The molecule has 0 aromatic heterocycles. The number of piperidine rings is 2. The third-order valence-electron chi connectivity index (χ3n) is 5.56. The summed E-state index contributed by atoms with van der Waals surface area (Å²) in [6, 6.07) is 5.67. The minimum absolute atomic E-state index is 0.0878. The Morgan fingerprint density at radius 2 is 1.83 bits per heavy atom. The summed E-state index contributed by atoms with van der Waals surface area (Å²) >= 11 is 0. The number of rotatable bonds is 5. The first-order valence-electron chi connectivity index (χ1n) is 10.1. The van der Waals surface area contributed by atoms with Crippen LogP contribution in [0.3, 0.4) is 0 Å². The number of hydrogen-bond acceptors (Lipinski definition) is 5. The van der Waals surface area contributed by atoms with Crippen LogP contribution in [0, 0.1) is 5.82 Å². The van der Waals surface area contributed by atoms with E-state index in [0.29, 0.717) is 44.5 Å². The monoisotopic (exact) mass is 433 g/mol. The van der Waals surface area contributed by atoms with Crippen molar-refractivity contribution in [1.82, 2.24) is 4.90 Å². The van der Waals surface area contributed by atoms with E-state index < -0.39 is 31.0 Å². The molecule has 1 aromatic carbocycles. The molecule has 0 unspecified atom stereocenters. The largest absolute Gasteiger partial charge is 0.440 e. The van der Waals surface area contributed by atoms with Gasteiger partial charge in [0.1, 0.15) is 5.82 Å². The van der Waals surface area contributed by atoms with E-state index in [-0.39, 0.29) is 25.1 Å². The van der Waals surface area contributed by atoms with E-state index in [2.05, 4.69) is 4.74 Å². The Kier molecular flexibility index (Phi) is 7.41. The zero-order valence-corrected chi connectivity index (χ0v) is 16.6. The van der Waals surface area contributed by atoms with E-state index in [9.17, 15) is 22.4 Å². The molecule has 6 nitrogen and oxygen atoms in total. The fourth-order valence-electron chi connectivity index (χ4n) is 3.96. The molecule has 10 heteroatoms. The maximum absolute atomic E-state index is 14.0. The average molecular weight is 433 g/mol. The number of hydrogen-bond donors (Lipinski definition) is 1. The fourth-order valence-corrected chi connectivity index (χ4v) is 3.96. The number of nitrogens with zero attached hydrogens (tertiary/aromatic N) is 2. The predicted octanol–water partition coefficient (Wildman–Crippen LogP) is 3.30. The minimum Gasteiger partial charge on any atom is -0.440 e. The topological polar surface area (TPSA) is 68.0 Å². The molecule has 1 amide bonds. The Bertz CT molecular complexity index is 711. The lowest BCUT2D eigenvalue weighted by atomic mass is 9.98. The lowest BCUT2D eigenvalue weighted by molar-refractivity contribution is -0.163. The molecule has 2 fully saturated rings. The molecule has 2 heterocycles. The average Bonchev–Trinajstić information content (AvgIpc) is 2.71. The number of alkyl halides is 3. The molecule has 2 aliphatic heterocycles. The molecule has 1 aromatic rings. The molecule has 0 radical (unpaired) electrons. The molecular formula is C20H27F4N3O3. The molecule has 2 atom stereocenters. The van der Waals surface area contributed by atoms with Crippen molar-refractivity contribution in [2.24, 2.45) is 5.73 Å². The Balaban J connectivity index is 1.50. The second-order valence-electron chi connectivity index (χ2n) is 7.71. The molecule has 2 saturated heterocycles. The molecule has 2 N–H and O–H groups in total. The minimum atomic E-state index is -4.58. The van der Waals surface area contributed by atoms with Crippen LogP contribution in [0.1, 0.15) is 25.7 Å². The zero-order valence-electron chi connectivity index (χ0n) is 16.6. The van der Waals surface area contributed by atoms with E-state index in [1.807, 2.05) is 4.90 Å². The van der Waals surface area contributed by atoms with Gasteiger partial charge in [0, 0.05) is 25.7 Å². The fraction of sp³-hybridized carbons (Fsp3) is 0.650. The van der Waals surface area contributed by atoms with Gasteiger partial charge < -0.3 is 25.0 Å². The van der Waals surface area contributed by atoms with Gasteiger partial charge in [-0.15, -0.1) is 0 Å². The van der Waals surface area contributed by atoms with Crippen molar-refractivity contribution < 1.29 is 31.8 Å². The molecule has 30 heavy (non-hydrogen) atoms. The molecule has 2 aliphatic rings. The summed E-state index contributed by atoms with van der Waals surface area (Å²) in [6.07, 6.45) is -3.08. The van der Waals surface area contributed by atoms with Gasteiger partial charge in [0.15, 0.2) is 6.61 Å². The van der Waals surface area contributed by atoms with Crippen molar-refractivity contribution in [3.05, 3.63) is 30.1 Å². The van der Waals surface area contributed by atoms with Gasteiger partial charge in [-0.1, -0.05) is 12.1 Å². The first-order chi connectivity index (χ1) is 14.2. The number of anilines is 1. The lowest BCUT2D eigenvalue weighted by Crippen LogP contribution is -2.57. The van der Waals surface area contributed by atoms with Crippen molar-refractivity contribution in [2.75, 3.05) is 37.7 Å². The van der Waals surface area contributed by atoms with E-state index >= 15 is 0 Å². The van der Waals surface area contributed by atoms with Gasteiger partial charge in [0.05, 0.1) is 24.4 Å². The Labute approximate surface area is 172 Å². The maximum Gasteiger partial charge on any atom is 0.422 e. The molecule has 0 saturated carbocycles. The van der Waals surface area contributed by atoms with Crippen molar-refractivity contribution in [3.63, 3.8) is 0 Å². The van der Waals surface area contributed by atoms with Crippen LogP contribution in [0.4, 0.5) is 28.0 Å². The van der Waals surface area contributed by atoms with Gasteiger partial charge in [0.2, 0.25) is 0 Å². The van der Waals surface area contributed by atoms with Crippen LogP contribution in [0.25, 0.3) is 0 Å². The number of para-hydroxylation sites is 1. The summed E-state index contributed by atoms with van der Waals surface area (Å²) in [6.45, 7) is 0.0375. The van der Waals surface area contributed by atoms with E-state index in [4.69, 9.17) is 10.5 Å². The van der Waals surface area contributed by atoms with Crippen LogP contribution >= 0.6 is 0 Å². The van der Waals surface area contributed by atoms with E-state index in [1.165, 1.54) is 11.0 Å². The first kappa shape index (κ1) is 22.6. The number of carbonyl (C=O) groups is 1. The van der Waals surface area contributed by atoms with Gasteiger partial charge in [-0.3, -0.25) is 0 Å². The van der Waals surface area contributed by atoms with Crippen molar-refractivity contribution in [3.8, 4) is 0 Å². The predicted molar refractivity (Wildman–Crippen MR) is 103 cm³/mol. The molecule has 0 spiro atoms. The Morgan fingerprint density at radius 1 is 1.13 bits per heavy atom. The molecule has 0 aliphatic carbocycles. The van der Waals surface area contributed by atoms with Crippen molar-refractivity contribution in [2.45, 2.75) is 50.0 Å². The number of halogens is 4. The number of likely N-dealkylation sites (tertiary alicyclic amines) is 1. The molecule has 3 rings (SSSR count). The van der Waals surface area contributed by atoms with Gasteiger partial charge in [-0.25, -0.2) is 9.18 Å². The summed E-state index contributed by atoms with van der Waals surface area (Å²) in [5.41, 5.74) is 6.68. The molecule has 0 bridgehead atoms. The van der Waals surface area contributed by atoms with Crippen LogP contribution in [0.2, 0.25) is 0 Å². The highest BCUT2D eigenvalue weighted by atomic mass is 19.4. The Hall–Kier alpha value is -2.07. The maximum atomic E-state index is 14.0. The number of ether oxygens (including phenoxy) is 2. The van der Waals surface area contributed by atoms with Crippen LogP contribution in [0.15, 0.2) is 24.3 Å². The summed E-state index contributed by atoms with van der Waals surface area (Å²) in [5, 5.41) is 0. The standard InChI is InChI=1S/C20H27F4N3O3/c21-15-4-1-2-6-17(15)26-10-7-14(8-11-26)29-12-18-16(25)5-3-9-27(18)19(28)30-13-20(22,23)24/h1-2,4,6,14,16,18H,3,5,7-13,25H2/t16-,18-/m0/s1.